The van der Waals surface area contributed by atoms with Crippen molar-refractivity contribution in [1.29, 1.82) is 0 Å². The summed E-state index contributed by atoms with van der Waals surface area (Å²) < 4.78 is 1.95. The molecule has 0 bridgehead atoms. The van der Waals surface area contributed by atoms with E-state index in [0.717, 1.165) is 22.2 Å². The molecule has 0 atom stereocenters. The van der Waals surface area contributed by atoms with E-state index in [4.69, 9.17) is 0 Å². The van der Waals surface area contributed by atoms with Gasteiger partial charge >= 0.3 is 0 Å². The summed E-state index contributed by atoms with van der Waals surface area (Å²) in [4.78, 5) is 15.2. The van der Waals surface area contributed by atoms with Gasteiger partial charge in [-0.15, -0.1) is 0 Å². The molecule has 20 heavy (non-hydrogen) atoms. The number of benzene rings is 2. The van der Waals surface area contributed by atoms with E-state index in [0.29, 0.717) is 5.52 Å². The Morgan fingerprint density at radius 3 is 2.45 bits per heavy atom. The van der Waals surface area contributed by atoms with Crippen molar-refractivity contribution in [2.24, 2.45) is 0 Å². The fraction of sp³-hybridized carbons (Fsp3) is 0. The predicted molar refractivity (Wildman–Crippen MR) is 81.0 cm³/mol. The van der Waals surface area contributed by atoms with Crippen molar-refractivity contribution in [1.82, 2.24) is 9.38 Å². The fourth-order valence-corrected chi connectivity index (χ4v) is 2.60. The van der Waals surface area contributed by atoms with Crippen LogP contribution in [-0.4, -0.2) is 9.38 Å². The highest BCUT2D eigenvalue weighted by atomic mass is 16.1. The number of aromatic amines is 1. The molecular formula is C17H12N2O. The number of aromatic nitrogens is 2. The molecule has 0 spiro atoms. The van der Waals surface area contributed by atoms with Crippen LogP contribution < -0.4 is 5.56 Å². The van der Waals surface area contributed by atoms with Crippen LogP contribution in [-0.2, 0) is 0 Å². The summed E-state index contributed by atoms with van der Waals surface area (Å²) in [5.41, 5.74) is 3.48. The lowest BCUT2D eigenvalue weighted by Crippen LogP contribution is -2.10. The molecule has 4 rings (SSSR count). The molecule has 2 aromatic carbocycles. The van der Waals surface area contributed by atoms with E-state index in [2.05, 4.69) is 4.98 Å². The van der Waals surface area contributed by atoms with Gasteiger partial charge in [-0.2, -0.15) is 0 Å². The highest BCUT2D eigenvalue weighted by molar-refractivity contribution is 5.87. The van der Waals surface area contributed by atoms with Crippen LogP contribution in [0.4, 0.5) is 0 Å². The zero-order chi connectivity index (χ0) is 13.5. The van der Waals surface area contributed by atoms with Gasteiger partial charge in [0.05, 0.1) is 11.2 Å². The maximum absolute atomic E-state index is 12.3. The zero-order valence-electron chi connectivity index (χ0n) is 10.7. The Bertz CT molecular complexity index is 965. The van der Waals surface area contributed by atoms with E-state index in [1.165, 1.54) is 0 Å². The summed E-state index contributed by atoms with van der Waals surface area (Å²) in [7, 11) is 0. The zero-order valence-corrected chi connectivity index (χ0v) is 10.7. The minimum absolute atomic E-state index is 0.0671. The third-order valence-electron chi connectivity index (χ3n) is 3.57. The van der Waals surface area contributed by atoms with Crippen molar-refractivity contribution in [3.63, 3.8) is 0 Å². The Balaban J connectivity index is 2.11. The van der Waals surface area contributed by atoms with Crippen LogP contribution in [0, 0.1) is 0 Å². The van der Waals surface area contributed by atoms with E-state index >= 15 is 0 Å². The molecule has 2 aromatic heterocycles. The number of rotatable bonds is 1. The van der Waals surface area contributed by atoms with Gasteiger partial charge in [-0.05, 0) is 17.7 Å². The van der Waals surface area contributed by atoms with Gasteiger partial charge in [-0.1, -0.05) is 48.5 Å². The Morgan fingerprint density at radius 2 is 1.60 bits per heavy atom. The summed E-state index contributed by atoms with van der Waals surface area (Å²) >= 11 is 0. The van der Waals surface area contributed by atoms with E-state index in [-0.39, 0.29) is 5.56 Å². The maximum atomic E-state index is 12.3. The lowest BCUT2D eigenvalue weighted by molar-refractivity contribution is 1.14. The van der Waals surface area contributed by atoms with Crippen LogP contribution in [0.25, 0.3) is 27.7 Å². The Labute approximate surface area is 115 Å². The second-order valence-corrected chi connectivity index (χ2v) is 4.82. The van der Waals surface area contributed by atoms with Crippen LogP contribution >= 0.6 is 0 Å². The first-order valence-electron chi connectivity index (χ1n) is 6.51. The number of hydrogen-bond donors (Lipinski definition) is 1. The van der Waals surface area contributed by atoms with E-state index in [1.54, 1.807) is 0 Å². The van der Waals surface area contributed by atoms with E-state index in [1.807, 2.05) is 71.3 Å². The second kappa shape index (κ2) is 4.10. The van der Waals surface area contributed by atoms with Crippen LogP contribution in [0.2, 0.25) is 0 Å². The molecule has 1 N–H and O–H groups in total. The molecule has 0 fully saturated rings. The quantitative estimate of drug-likeness (QED) is 0.559. The molecule has 0 amide bonds. The van der Waals surface area contributed by atoms with Gasteiger partial charge in [-0.3, -0.25) is 4.79 Å². The van der Waals surface area contributed by atoms with Crippen LogP contribution in [0.3, 0.4) is 0 Å². The first-order valence-corrected chi connectivity index (χ1v) is 6.51. The third-order valence-corrected chi connectivity index (χ3v) is 3.57. The summed E-state index contributed by atoms with van der Waals surface area (Å²) in [5.74, 6) is 0. The Kier molecular flexibility index (Phi) is 2.27. The van der Waals surface area contributed by atoms with Crippen molar-refractivity contribution in [2.75, 3.05) is 0 Å². The molecule has 0 aliphatic carbocycles. The average Bonchev–Trinajstić information content (AvgIpc) is 2.88. The molecule has 3 nitrogen and oxygen atoms in total. The van der Waals surface area contributed by atoms with Crippen molar-refractivity contribution in [3.8, 4) is 11.3 Å². The van der Waals surface area contributed by atoms with Gasteiger partial charge in [0, 0.05) is 11.6 Å². The second-order valence-electron chi connectivity index (χ2n) is 4.82. The summed E-state index contributed by atoms with van der Waals surface area (Å²) in [6.45, 7) is 0. The fourth-order valence-electron chi connectivity index (χ4n) is 2.60. The van der Waals surface area contributed by atoms with Crippen molar-refractivity contribution < 1.29 is 0 Å². The van der Waals surface area contributed by atoms with Gasteiger partial charge in [0.25, 0.3) is 5.56 Å². The molecule has 0 unspecified atom stereocenters. The first kappa shape index (κ1) is 11.1. The molecule has 0 saturated heterocycles. The standard InChI is InChI=1S/C17H12N2O/c20-17-16-10-13-8-4-5-9-15(13)19(16)11-14(18-17)12-6-2-1-3-7-12/h1-11H,(H,18,20). The van der Waals surface area contributed by atoms with E-state index < -0.39 is 0 Å². The minimum atomic E-state index is -0.0671. The SMILES string of the molecule is O=c1[nH]c(-c2ccccc2)cn2c1cc1ccccc12. The smallest absolute Gasteiger partial charge is 0.272 e. The van der Waals surface area contributed by atoms with Crippen molar-refractivity contribution in [3.05, 3.63) is 77.2 Å². The molecule has 0 saturated carbocycles. The molecular weight excluding hydrogens is 248 g/mol. The number of nitrogens with zero attached hydrogens (tertiary/aromatic N) is 1. The molecule has 0 aliphatic rings. The van der Waals surface area contributed by atoms with Crippen molar-refractivity contribution in [2.45, 2.75) is 0 Å². The highest BCUT2D eigenvalue weighted by Crippen LogP contribution is 2.21. The third kappa shape index (κ3) is 1.57. The van der Waals surface area contributed by atoms with E-state index in [9.17, 15) is 4.79 Å². The van der Waals surface area contributed by atoms with Gasteiger partial charge < -0.3 is 9.38 Å². The number of fused-ring (bicyclic) bond motifs is 3. The lowest BCUT2D eigenvalue weighted by Gasteiger charge is -2.03. The Morgan fingerprint density at radius 1 is 0.850 bits per heavy atom. The summed E-state index contributed by atoms with van der Waals surface area (Å²) in [5, 5.41) is 1.07. The molecule has 3 heteroatoms. The van der Waals surface area contributed by atoms with Crippen LogP contribution in [0.5, 0.6) is 0 Å². The molecule has 0 aliphatic heterocycles. The Hall–Kier alpha value is -2.81. The number of nitrogens with one attached hydrogen (secondary N) is 1. The minimum Gasteiger partial charge on any atom is -0.319 e. The van der Waals surface area contributed by atoms with Crippen molar-refractivity contribution >= 4 is 16.4 Å². The molecule has 0 radical (unpaired) electrons. The van der Waals surface area contributed by atoms with Gasteiger partial charge in [0.2, 0.25) is 0 Å². The van der Waals surface area contributed by atoms with Crippen LogP contribution in [0.1, 0.15) is 0 Å². The number of para-hydroxylation sites is 1. The van der Waals surface area contributed by atoms with Gasteiger partial charge in [-0.25, -0.2) is 0 Å². The van der Waals surface area contributed by atoms with Gasteiger partial charge in [0.1, 0.15) is 5.52 Å². The molecule has 2 heterocycles. The molecule has 4 aromatic rings. The number of H-pyrrole nitrogens is 1. The van der Waals surface area contributed by atoms with Gasteiger partial charge in [0.15, 0.2) is 0 Å². The topological polar surface area (TPSA) is 37.3 Å². The summed E-state index contributed by atoms with van der Waals surface area (Å²) in [6, 6.07) is 19.8. The maximum Gasteiger partial charge on any atom is 0.272 e. The predicted octanol–water partition coefficient (Wildman–Crippen LogP) is 3.45. The first-order chi connectivity index (χ1) is 9.83. The normalized spacial score (nSPS) is 11.2. The number of hydrogen-bond acceptors (Lipinski definition) is 1. The summed E-state index contributed by atoms with van der Waals surface area (Å²) in [6.07, 6.45) is 1.98. The highest BCUT2D eigenvalue weighted by Gasteiger charge is 2.07. The van der Waals surface area contributed by atoms with Crippen LogP contribution in [0.15, 0.2) is 71.7 Å². The largest absolute Gasteiger partial charge is 0.319 e. The molecule has 96 valence electrons. The monoisotopic (exact) mass is 260 g/mol. The lowest BCUT2D eigenvalue weighted by atomic mass is 10.2. The average molecular weight is 260 g/mol.